The summed E-state index contributed by atoms with van der Waals surface area (Å²) in [5.74, 6) is -0.0293. The van der Waals surface area contributed by atoms with Crippen LogP contribution in [0.5, 0.6) is 0 Å². The summed E-state index contributed by atoms with van der Waals surface area (Å²) >= 11 is 0. The van der Waals surface area contributed by atoms with Crippen LogP contribution in [0.15, 0.2) is 42.5 Å². The van der Waals surface area contributed by atoms with Crippen LogP contribution in [0.1, 0.15) is 39.0 Å². The molecule has 1 aliphatic carbocycles. The number of nitrogens with zero attached hydrogens (tertiary/aromatic N) is 1. The number of imide groups is 1. The Morgan fingerprint density at radius 3 is 2.61 bits per heavy atom. The third-order valence-electron chi connectivity index (χ3n) is 6.15. The van der Waals surface area contributed by atoms with Crippen LogP contribution in [0.25, 0.3) is 10.8 Å². The van der Waals surface area contributed by atoms with E-state index in [4.69, 9.17) is 0 Å². The average molecular weight is 379 g/mol. The zero-order chi connectivity index (χ0) is 19.7. The smallest absolute Gasteiger partial charge is 0.324 e. The lowest BCUT2D eigenvalue weighted by Crippen LogP contribution is -2.49. The highest BCUT2D eigenvalue weighted by Crippen LogP contribution is 2.37. The second kappa shape index (κ2) is 7.26. The summed E-state index contributed by atoms with van der Waals surface area (Å²) in [6, 6.07) is 12.9. The van der Waals surface area contributed by atoms with Gasteiger partial charge in [0.25, 0.3) is 5.91 Å². The van der Waals surface area contributed by atoms with Crippen LogP contribution in [0, 0.1) is 5.92 Å². The molecular weight excluding hydrogens is 354 g/mol. The molecule has 4 amide bonds. The molecule has 1 saturated heterocycles. The SMILES string of the molecule is CCC1CCC2(CC1)NC(=O)N(CC(=O)Nc1cccc3ccccc13)C2=O. The fraction of sp³-hybridized carbons (Fsp3) is 0.409. The van der Waals surface area contributed by atoms with Gasteiger partial charge in [0.2, 0.25) is 5.91 Å². The Morgan fingerprint density at radius 1 is 1.14 bits per heavy atom. The minimum Gasteiger partial charge on any atom is -0.324 e. The summed E-state index contributed by atoms with van der Waals surface area (Å²) in [4.78, 5) is 39.0. The maximum absolute atomic E-state index is 13.0. The molecule has 4 rings (SSSR count). The molecule has 1 spiro atoms. The number of amides is 4. The summed E-state index contributed by atoms with van der Waals surface area (Å²) in [5, 5.41) is 7.65. The van der Waals surface area contributed by atoms with Gasteiger partial charge in [-0.05, 0) is 43.1 Å². The second-order valence-electron chi connectivity index (χ2n) is 7.83. The molecule has 6 nitrogen and oxygen atoms in total. The highest BCUT2D eigenvalue weighted by atomic mass is 16.2. The first-order chi connectivity index (χ1) is 13.5. The van der Waals surface area contributed by atoms with Crippen molar-refractivity contribution in [2.24, 2.45) is 5.92 Å². The van der Waals surface area contributed by atoms with E-state index in [0.717, 1.165) is 34.9 Å². The van der Waals surface area contributed by atoms with E-state index in [2.05, 4.69) is 17.6 Å². The second-order valence-corrected chi connectivity index (χ2v) is 7.83. The monoisotopic (exact) mass is 379 g/mol. The third-order valence-corrected chi connectivity index (χ3v) is 6.15. The van der Waals surface area contributed by atoms with Crippen molar-refractivity contribution in [1.29, 1.82) is 0 Å². The molecule has 2 N–H and O–H groups in total. The number of anilines is 1. The zero-order valence-corrected chi connectivity index (χ0v) is 16.0. The number of benzene rings is 2. The molecule has 2 aliphatic rings. The first-order valence-corrected chi connectivity index (χ1v) is 9.94. The molecule has 1 aliphatic heterocycles. The van der Waals surface area contributed by atoms with Gasteiger partial charge in [-0.25, -0.2) is 4.79 Å². The van der Waals surface area contributed by atoms with Crippen molar-refractivity contribution in [2.45, 2.75) is 44.6 Å². The molecule has 1 heterocycles. The summed E-state index contributed by atoms with van der Waals surface area (Å²) in [6.07, 6.45) is 4.25. The number of nitrogens with one attached hydrogen (secondary N) is 2. The minimum absolute atomic E-state index is 0.264. The molecule has 2 aromatic rings. The molecule has 0 aromatic heterocycles. The van der Waals surface area contributed by atoms with Crippen molar-refractivity contribution in [1.82, 2.24) is 10.2 Å². The van der Waals surface area contributed by atoms with E-state index >= 15 is 0 Å². The van der Waals surface area contributed by atoms with Gasteiger partial charge in [0.1, 0.15) is 12.1 Å². The van der Waals surface area contributed by atoms with E-state index in [-0.39, 0.29) is 18.4 Å². The number of hydrogen-bond acceptors (Lipinski definition) is 3. The standard InChI is InChI=1S/C22H25N3O3/c1-2-15-10-12-22(13-11-15)20(27)25(21(28)24-22)14-19(26)23-18-9-5-7-16-6-3-4-8-17(16)18/h3-9,15H,2,10-14H2,1H3,(H,23,26)(H,24,28). The van der Waals surface area contributed by atoms with Crippen LogP contribution in [0.2, 0.25) is 0 Å². The van der Waals surface area contributed by atoms with Crippen LogP contribution in [-0.4, -0.2) is 34.8 Å². The molecular formula is C22H25N3O3. The third kappa shape index (κ3) is 3.23. The molecule has 0 radical (unpaired) electrons. The van der Waals surface area contributed by atoms with Gasteiger partial charge >= 0.3 is 6.03 Å². The van der Waals surface area contributed by atoms with Crippen molar-refractivity contribution >= 4 is 34.3 Å². The lowest BCUT2D eigenvalue weighted by Gasteiger charge is -2.34. The largest absolute Gasteiger partial charge is 0.325 e. The van der Waals surface area contributed by atoms with E-state index in [1.54, 1.807) is 0 Å². The number of urea groups is 1. The molecule has 6 heteroatoms. The lowest BCUT2D eigenvalue weighted by atomic mass is 9.75. The Balaban J connectivity index is 1.46. The molecule has 0 bridgehead atoms. The number of rotatable bonds is 4. The Morgan fingerprint density at radius 2 is 1.86 bits per heavy atom. The lowest BCUT2D eigenvalue weighted by molar-refractivity contribution is -0.135. The van der Waals surface area contributed by atoms with Crippen molar-refractivity contribution in [3.05, 3.63) is 42.5 Å². The van der Waals surface area contributed by atoms with Crippen molar-refractivity contribution in [2.75, 3.05) is 11.9 Å². The molecule has 0 atom stereocenters. The maximum Gasteiger partial charge on any atom is 0.325 e. The Kier molecular flexibility index (Phi) is 4.79. The maximum atomic E-state index is 13.0. The van der Waals surface area contributed by atoms with Crippen LogP contribution < -0.4 is 10.6 Å². The highest BCUT2D eigenvalue weighted by Gasteiger charge is 2.52. The topological polar surface area (TPSA) is 78.5 Å². The van der Waals surface area contributed by atoms with Crippen molar-refractivity contribution < 1.29 is 14.4 Å². The molecule has 1 saturated carbocycles. The van der Waals surface area contributed by atoms with Gasteiger partial charge in [0.15, 0.2) is 0 Å². The molecule has 28 heavy (non-hydrogen) atoms. The van der Waals surface area contributed by atoms with Gasteiger partial charge in [-0.3, -0.25) is 14.5 Å². The summed E-state index contributed by atoms with van der Waals surface area (Å²) in [6.45, 7) is 1.88. The predicted molar refractivity (Wildman–Crippen MR) is 108 cm³/mol. The first-order valence-electron chi connectivity index (χ1n) is 9.94. The van der Waals surface area contributed by atoms with Crippen LogP contribution in [0.3, 0.4) is 0 Å². The highest BCUT2D eigenvalue weighted by molar-refractivity contribution is 6.11. The number of fused-ring (bicyclic) bond motifs is 1. The van der Waals surface area contributed by atoms with Crippen LogP contribution in [0.4, 0.5) is 10.5 Å². The van der Waals surface area contributed by atoms with Gasteiger partial charge in [-0.15, -0.1) is 0 Å². The molecule has 2 fully saturated rings. The van der Waals surface area contributed by atoms with E-state index < -0.39 is 11.6 Å². The summed E-state index contributed by atoms with van der Waals surface area (Å²) < 4.78 is 0. The number of carbonyl (C=O) groups excluding carboxylic acids is 3. The van der Waals surface area contributed by atoms with E-state index in [0.29, 0.717) is 24.4 Å². The number of carbonyl (C=O) groups is 3. The summed E-state index contributed by atoms with van der Waals surface area (Å²) in [5.41, 5.74) is -0.143. The van der Waals surface area contributed by atoms with E-state index in [9.17, 15) is 14.4 Å². The van der Waals surface area contributed by atoms with Crippen molar-refractivity contribution in [3.63, 3.8) is 0 Å². The molecule has 0 unspecified atom stereocenters. The predicted octanol–water partition coefficient (Wildman–Crippen LogP) is 3.67. The fourth-order valence-electron chi connectivity index (χ4n) is 4.41. The number of hydrogen-bond donors (Lipinski definition) is 2. The van der Waals surface area contributed by atoms with E-state index in [1.165, 1.54) is 0 Å². The van der Waals surface area contributed by atoms with Gasteiger partial charge in [-0.1, -0.05) is 49.7 Å². The van der Waals surface area contributed by atoms with E-state index in [1.807, 2.05) is 42.5 Å². The van der Waals surface area contributed by atoms with Crippen LogP contribution in [-0.2, 0) is 9.59 Å². The first kappa shape index (κ1) is 18.5. The Hall–Kier alpha value is -2.89. The van der Waals surface area contributed by atoms with Crippen LogP contribution >= 0.6 is 0 Å². The quantitative estimate of drug-likeness (QED) is 0.796. The summed E-state index contributed by atoms with van der Waals surface area (Å²) in [7, 11) is 0. The average Bonchev–Trinajstić information content (AvgIpc) is 2.93. The Labute approximate surface area is 164 Å². The van der Waals surface area contributed by atoms with Gasteiger partial charge in [0, 0.05) is 11.1 Å². The van der Waals surface area contributed by atoms with Crippen molar-refractivity contribution in [3.8, 4) is 0 Å². The van der Waals surface area contributed by atoms with Gasteiger partial charge in [-0.2, -0.15) is 0 Å². The normalized spacial score (nSPS) is 24.6. The minimum atomic E-state index is -0.817. The van der Waals surface area contributed by atoms with Gasteiger partial charge < -0.3 is 10.6 Å². The fourth-order valence-corrected chi connectivity index (χ4v) is 4.41. The zero-order valence-electron chi connectivity index (χ0n) is 16.0. The molecule has 146 valence electrons. The van der Waals surface area contributed by atoms with Gasteiger partial charge in [0.05, 0.1) is 0 Å². The molecule has 2 aromatic carbocycles. The Bertz CT molecular complexity index is 926.